The zero-order valence-corrected chi connectivity index (χ0v) is 20.3. The van der Waals surface area contributed by atoms with Gasteiger partial charge in [-0.1, -0.05) is 102 Å². The van der Waals surface area contributed by atoms with Gasteiger partial charge >= 0.3 is 0 Å². The smallest absolute Gasteiger partial charge is 0.0998 e. The van der Waals surface area contributed by atoms with E-state index in [2.05, 4.69) is 47.5 Å². The molecule has 4 aromatic rings. The predicted octanol–water partition coefficient (Wildman–Crippen LogP) is 8.41. The van der Waals surface area contributed by atoms with Crippen LogP contribution in [0, 0.1) is 11.3 Å². The molecule has 1 heterocycles. The molecular weight excluding hydrogens is 473 g/mol. The van der Waals surface area contributed by atoms with Gasteiger partial charge in [-0.05, 0) is 47.0 Å². The minimum atomic E-state index is 0.107. The van der Waals surface area contributed by atoms with Crippen molar-refractivity contribution in [2.45, 2.75) is 12.5 Å². The van der Waals surface area contributed by atoms with Crippen molar-refractivity contribution in [3.63, 3.8) is 0 Å². The third-order valence-corrected chi connectivity index (χ3v) is 6.56. The SMILES string of the molecule is N#CC(=Cc1ccc(N2N=C(c3ccccc3)CC2c2ccccc2)cc1)c1ccc(Cl)cc1Cl. The second-order valence-electron chi connectivity index (χ2n) is 8.27. The van der Waals surface area contributed by atoms with Crippen LogP contribution in [-0.2, 0) is 0 Å². The number of hydrazone groups is 1. The molecule has 0 amide bonds. The standard InChI is InChI=1S/C30H21Cl2N3/c31-25-13-16-27(28(32)18-25)24(20-33)17-21-11-14-26(15-12-21)35-30(23-9-5-2-6-10-23)19-29(34-35)22-7-3-1-4-8-22/h1-18,30H,19H2. The number of hydrogen-bond acceptors (Lipinski definition) is 3. The average molecular weight is 494 g/mol. The number of anilines is 1. The summed E-state index contributed by atoms with van der Waals surface area (Å²) in [7, 11) is 0. The molecule has 0 saturated heterocycles. The fourth-order valence-electron chi connectivity index (χ4n) is 4.26. The number of nitriles is 1. The van der Waals surface area contributed by atoms with E-state index in [1.807, 2.05) is 54.6 Å². The van der Waals surface area contributed by atoms with Crippen molar-refractivity contribution in [1.82, 2.24) is 0 Å². The molecule has 0 radical (unpaired) electrons. The summed E-state index contributed by atoms with van der Waals surface area (Å²) in [6.07, 6.45) is 2.65. The highest BCUT2D eigenvalue weighted by Crippen LogP contribution is 2.37. The normalized spacial score (nSPS) is 15.6. The van der Waals surface area contributed by atoms with Crippen LogP contribution in [0.1, 0.15) is 34.7 Å². The van der Waals surface area contributed by atoms with E-state index in [1.54, 1.807) is 18.2 Å². The van der Waals surface area contributed by atoms with Crippen LogP contribution < -0.4 is 5.01 Å². The molecule has 4 aromatic carbocycles. The van der Waals surface area contributed by atoms with Crippen LogP contribution in [-0.4, -0.2) is 5.71 Å². The zero-order chi connectivity index (χ0) is 24.2. The Morgan fingerprint density at radius 3 is 2.23 bits per heavy atom. The van der Waals surface area contributed by atoms with E-state index in [9.17, 15) is 5.26 Å². The van der Waals surface area contributed by atoms with Gasteiger partial charge in [0, 0.05) is 17.0 Å². The topological polar surface area (TPSA) is 39.4 Å². The third kappa shape index (κ3) is 5.00. The highest BCUT2D eigenvalue weighted by atomic mass is 35.5. The number of rotatable bonds is 5. The van der Waals surface area contributed by atoms with Crippen molar-refractivity contribution in [2.24, 2.45) is 5.10 Å². The van der Waals surface area contributed by atoms with Crippen LogP contribution in [0.25, 0.3) is 11.6 Å². The molecule has 0 fully saturated rings. The van der Waals surface area contributed by atoms with E-state index >= 15 is 0 Å². The number of hydrogen-bond donors (Lipinski definition) is 0. The first-order valence-corrected chi connectivity index (χ1v) is 12.0. The lowest BCUT2D eigenvalue weighted by molar-refractivity contribution is 0.709. The second-order valence-corrected chi connectivity index (χ2v) is 9.12. The molecule has 170 valence electrons. The van der Waals surface area contributed by atoms with Crippen molar-refractivity contribution >= 4 is 46.3 Å². The number of allylic oxidation sites excluding steroid dienone is 1. The van der Waals surface area contributed by atoms with Gasteiger partial charge in [0.05, 0.1) is 34.1 Å². The van der Waals surface area contributed by atoms with E-state index in [4.69, 9.17) is 28.3 Å². The van der Waals surface area contributed by atoms with Crippen LogP contribution >= 0.6 is 23.2 Å². The molecule has 0 spiro atoms. The van der Waals surface area contributed by atoms with Crippen LogP contribution in [0.5, 0.6) is 0 Å². The van der Waals surface area contributed by atoms with Crippen molar-refractivity contribution < 1.29 is 0 Å². The van der Waals surface area contributed by atoms with Crippen LogP contribution in [0.4, 0.5) is 5.69 Å². The van der Waals surface area contributed by atoms with Gasteiger partial charge in [-0.2, -0.15) is 10.4 Å². The zero-order valence-electron chi connectivity index (χ0n) is 18.8. The Bertz CT molecular complexity index is 1440. The molecule has 0 N–H and O–H groups in total. The number of nitrogens with zero attached hydrogens (tertiary/aromatic N) is 3. The molecule has 1 atom stereocenters. The fraction of sp³-hybridized carbons (Fsp3) is 0.0667. The third-order valence-electron chi connectivity index (χ3n) is 6.01. The van der Waals surface area contributed by atoms with Crippen LogP contribution in [0.2, 0.25) is 10.0 Å². The van der Waals surface area contributed by atoms with Crippen molar-refractivity contribution in [3.05, 3.63) is 135 Å². The first kappa shape index (κ1) is 22.9. The molecule has 3 nitrogen and oxygen atoms in total. The lowest BCUT2D eigenvalue weighted by Gasteiger charge is -2.24. The summed E-state index contributed by atoms with van der Waals surface area (Å²) in [5, 5.41) is 17.8. The molecule has 0 bridgehead atoms. The number of halogens is 2. The molecule has 1 aliphatic rings. The van der Waals surface area contributed by atoms with E-state index in [1.165, 1.54) is 5.56 Å². The first-order chi connectivity index (χ1) is 17.1. The summed E-state index contributed by atoms with van der Waals surface area (Å²) in [5.74, 6) is 0. The fourth-order valence-corrected chi connectivity index (χ4v) is 4.77. The molecule has 5 rings (SSSR count). The molecule has 35 heavy (non-hydrogen) atoms. The summed E-state index contributed by atoms with van der Waals surface area (Å²) in [5.41, 5.74) is 6.44. The Balaban J connectivity index is 1.47. The largest absolute Gasteiger partial charge is 0.257 e. The predicted molar refractivity (Wildman–Crippen MR) is 146 cm³/mol. The van der Waals surface area contributed by atoms with E-state index in [0.29, 0.717) is 21.2 Å². The minimum absolute atomic E-state index is 0.107. The Kier molecular flexibility index (Phi) is 6.68. The quantitative estimate of drug-likeness (QED) is 0.206. The molecule has 5 heteroatoms. The van der Waals surface area contributed by atoms with Gasteiger partial charge in [-0.3, -0.25) is 5.01 Å². The van der Waals surface area contributed by atoms with Gasteiger partial charge in [0.1, 0.15) is 0 Å². The van der Waals surface area contributed by atoms with Gasteiger partial charge < -0.3 is 0 Å². The molecule has 0 aliphatic carbocycles. The molecule has 0 saturated carbocycles. The van der Waals surface area contributed by atoms with Crippen LogP contribution in [0.15, 0.2) is 108 Å². The van der Waals surface area contributed by atoms with Gasteiger partial charge in [0.2, 0.25) is 0 Å². The van der Waals surface area contributed by atoms with Gasteiger partial charge in [0.15, 0.2) is 0 Å². The Morgan fingerprint density at radius 1 is 0.886 bits per heavy atom. The monoisotopic (exact) mass is 493 g/mol. The summed E-state index contributed by atoms with van der Waals surface area (Å²) in [6, 6.07) is 36.3. The highest BCUT2D eigenvalue weighted by Gasteiger charge is 2.29. The van der Waals surface area contributed by atoms with E-state index < -0.39 is 0 Å². The maximum absolute atomic E-state index is 9.72. The maximum atomic E-state index is 9.72. The molecular formula is C30H21Cl2N3. The molecule has 1 unspecified atom stereocenters. The maximum Gasteiger partial charge on any atom is 0.0998 e. The Hall–Kier alpha value is -3.84. The Labute approximate surface area is 215 Å². The van der Waals surface area contributed by atoms with Gasteiger partial charge in [0.25, 0.3) is 0 Å². The summed E-state index contributed by atoms with van der Waals surface area (Å²) < 4.78 is 0. The van der Waals surface area contributed by atoms with E-state index in [0.717, 1.165) is 28.9 Å². The van der Waals surface area contributed by atoms with E-state index in [-0.39, 0.29) is 6.04 Å². The summed E-state index contributed by atoms with van der Waals surface area (Å²) in [4.78, 5) is 0. The molecule has 1 aliphatic heterocycles. The average Bonchev–Trinajstić information content (AvgIpc) is 3.35. The first-order valence-electron chi connectivity index (χ1n) is 11.3. The van der Waals surface area contributed by atoms with Crippen LogP contribution in [0.3, 0.4) is 0 Å². The van der Waals surface area contributed by atoms with Crippen molar-refractivity contribution in [3.8, 4) is 6.07 Å². The lowest BCUT2D eigenvalue weighted by atomic mass is 9.98. The lowest BCUT2D eigenvalue weighted by Crippen LogP contribution is -2.18. The molecule has 0 aromatic heterocycles. The van der Waals surface area contributed by atoms with Gasteiger partial charge in [-0.25, -0.2) is 0 Å². The Morgan fingerprint density at radius 2 is 1.57 bits per heavy atom. The van der Waals surface area contributed by atoms with Crippen molar-refractivity contribution in [2.75, 3.05) is 5.01 Å². The summed E-state index contributed by atoms with van der Waals surface area (Å²) >= 11 is 12.3. The minimum Gasteiger partial charge on any atom is -0.257 e. The second kappa shape index (κ2) is 10.2. The van der Waals surface area contributed by atoms with Crippen molar-refractivity contribution in [1.29, 1.82) is 5.26 Å². The van der Waals surface area contributed by atoms with Gasteiger partial charge in [-0.15, -0.1) is 0 Å². The highest BCUT2D eigenvalue weighted by molar-refractivity contribution is 6.36. The number of benzene rings is 4. The summed E-state index contributed by atoms with van der Waals surface area (Å²) in [6.45, 7) is 0.